The molecule has 0 unspecified atom stereocenters. The molecule has 0 amide bonds. The minimum Gasteiger partial charge on any atom is -0.235 e. The number of nitrogens with zero attached hydrogens (tertiary/aromatic N) is 2. The summed E-state index contributed by atoms with van der Waals surface area (Å²) in [5.74, 6) is -0.0943. The van der Waals surface area contributed by atoms with Crippen LogP contribution in [-0.2, 0) is 6.18 Å². The van der Waals surface area contributed by atoms with Gasteiger partial charge < -0.3 is 0 Å². The van der Waals surface area contributed by atoms with Crippen LogP contribution in [0, 0.1) is 11.3 Å². The van der Waals surface area contributed by atoms with Crippen LogP contribution < -0.4 is 0 Å². The Morgan fingerprint density at radius 3 is 2.06 bits per heavy atom. The normalized spacial score (nSPS) is 10.7. The number of alkyl halides is 3. The molecule has 2 nitrogen and oxygen atoms in total. The van der Waals surface area contributed by atoms with Gasteiger partial charge >= 0.3 is 6.18 Å². The average Bonchev–Trinajstić information content (AvgIpc) is 2.64. The minimum absolute atomic E-state index is 0.0943. The number of aromatic nitrogens is 1. The van der Waals surface area contributed by atoms with Gasteiger partial charge in [0.15, 0.2) is 5.69 Å². The Labute approximate surface area is 96.7 Å². The van der Waals surface area contributed by atoms with Crippen molar-refractivity contribution in [1.29, 1.82) is 5.26 Å². The van der Waals surface area contributed by atoms with Crippen molar-refractivity contribution < 1.29 is 13.2 Å². The molecule has 6 heteroatoms. The summed E-state index contributed by atoms with van der Waals surface area (Å²) in [4.78, 5) is 3.06. The van der Waals surface area contributed by atoms with Gasteiger partial charge in [0, 0.05) is 5.92 Å². The van der Waals surface area contributed by atoms with Crippen LogP contribution in [0.1, 0.15) is 49.2 Å². The Bertz CT molecular complexity index is 374. The van der Waals surface area contributed by atoms with Crippen LogP contribution in [0.3, 0.4) is 0 Å². The summed E-state index contributed by atoms with van der Waals surface area (Å²) in [6.45, 7) is 7.47. The fourth-order valence-corrected chi connectivity index (χ4v) is 1.74. The maximum atomic E-state index is 12.3. The first-order chi connectivity index (χ1) is 7.36. The van der Waals surface area contributed by atoms with Crippen molar-refractivity contribution in [1.82, 2.24) is 4.98 Å². The zero-order chi connectivity index (χ0) is 12.9. The van der Waals surface area contributed by atoms with E-state index in [1.165, 1.54) is 6.07 Å². The predicted molar refractivity (Wildman–Crippen MR) is 57.3 cm³/mol. The van der Waals surface area contributed by atoms with Gasteiger partial charge in [0.25, 0.3) is 0 Å². The summed E-state index contributed by atoms with van der Waals surface area (Å²) in [7, 11) is 0. The van der Waals surface area contributed by atoms with Gasteiger partial charge in [-0.1, -0.05) is 27.7 Å². The highest BCUT2D eigenvalue weighted by Crippen LogP contribution is 2.35. The van der Waals surface area contributed by atoms with Crippen LogP contribution in [0.2, 0.25) is 0 Å². The maximum absolute atomic E-state index is 12.3. The highest BCUT2D eigenvalue weighted by molar-refractivity contribution is 7.12. The van der Waals surface area contributed by atoms with E-state index in [2.05, 4.69) is 4.98 Å². The van der Waals surface area contributed by atoms with Gasteiger partial charge in [-0.2, -0.15) is 18.4 Å². The Morgan fingerprint density at radius 2 is 1.81 bits per heavy atom. The summed E-state index contributed by atoms with van der Waals surface area (Å²) in [6, 6.07) is 1.51. The summed E-state index contributed by atoms with van der Waals surface area (Å²) >= 11 is 0.802. The lowest BCUT2D eigenvalue weighted by Crippen LogP contribution is -2.07. The van der Waals surface area contributed by atoms with E-state index < -0.39 is 11.9 Å². The van der Waals surface area contributed by atoms with Gasteiger partial charge in [-0.05, 0) is 0 Å². The lowest BCUT2D eigenvalue weighted by molar-refractivity contribution is -0.141. The van der Waals surface area contributed by atoms with Crippen LogP contribution in [0.15, 0.2) is 0 Å². The molecular formula is C10H13F3N2S. The summed E-state index contributed by atoms with van der Waals surface area (Å²) < 4.78 is 36.9. The molecule has 0 bridgehead atoms. The molecule has 1 rings (SSSR count). The molecule has 0 spiro atoms. The first-order valence-electron chi connectivity index (χ1n) is 4.84. The molecule has 16 heavy (non-hydrogen) atoms. The van der Waals surface area contributed by atoms with Crippen molar-refractivity contribution in [2.45, 2.75) is 39.8 Å². The van der Waals surface area contributed by atoms with E-state index in [1.807, 2.05) is 13.8 Å². The molecule has 0 saturated carbocycles. The van der Waals surface area contributed by atoms with Gasteiger partial charge in [-0.25, -0.2) is 4.98 Å². The smallest absolute Gasteiger partial charge is 0.235 e. The quantitative estimate of drug-likeness (QED) is 0.749. The lowest BCUT2D eigenvalue weighted by atomic mass is 10.2. The molecule has 0 fully saturated rings. The third kappa shape index (κ3) is 3.49. The standard InChI is InChI=1S/C8H7F3N2S.C2H6/c1-4(2)7-13-6(8(9,10)11)5(3-12)14-7;1-2/h4H,1-2H3;1-2H3. The number of hydrogen-bond acceptors (Lipinski definition) is 3. The second-order valence-corrected chi connectivity index (χ2v) is 4.02. The summed E-state index contributed by atoms with van der Waals surface area (Å²) in [6.07, 6.45) is -4.53. The fourth-order valence-electron chi connectivity index (χ4n) is 0.852. The molecule has 1 aromatic rings. The molecule has 0 saturated heterocycles. The Balaban J connectivity index is 0.00000106. The Hall–Kier alpha value is -1.09. The van der Waals surface area contributed by atoms with Crippen molar-refractivity contribution >= 4 is 11.3 Å². The first-order valence-corrected chi connectivity index (χ1v) is 5.66. The van der Waals surface area contributed by atoms with E-state index in [4.69, 9.17) is 5.26 Å². The molecular weight excluding hydrogens is 237 g/mol. The molecule has 1 aromatic heterocycles. The highest BCUT2D eigenvalue weighted by Gasteiger charge is 2.37. The Kier molecular flexibility index (Phi) is 5.45. The third-order valence-corrected chi connectivity index (χ3v) is 2.77. The second-order valence-electron chi connectivity index (χ2n) is 2.99. The van der Waals surface area contributed by atoms with E-state index >= 15 is 0 Å². The number of hydrogen-bond donors (Lipinski definition) is 0. The van der Waals surface area contributed by atoms with Gasteiger partial charge in [0.1, 0.15) is 10.9 Å². The molecule has 90 valence electrons. The first kappa shape index (κ1) is 14.9. The molecule has 0 N–H and O–H groups in total. The van der Waals surface area contributed by atoms with Crippen molar-refractivity contribution in [3.63, 3.8) is 0 Å². The minimum atomic E-state index is -4.53. The van der Waals surface area contributed by atoms with Crippen molar-refractivity contribution in [2.75, 3.05) is 0 Å². The van der Waals surface area contributed by atoms with Gasteiger partial charge in [-0.3, -0.25) is 0 Å². The predicted octanol–water partition coefficient (Wildman–Crippen LogP) is 4.18. The maximum Gasteiger partial charge on any atom is 0.435 e. The van der Waals surface area contributed by atoms with Crippen molar-refractivity contribution in [3.05, 3.63) is 15.6 Å². The number of nitriles is 1. The number of rotatable bonds is 1. The monoisotopic (exact) mass is 250 g/mol. The fraction of sp³-hybridized carbons (Fsp3) is 0.600. The SMILES string of the molecule is CC.CC(C)c1nc(C(F)(F)F)c(C#N)s1. The zero-order valence-electron chi connectivity index (χ0n) is 9.51. The molecule has 0 aliphatic heterocycles. The average molecular weight is 250 g/mol. The molecule has 0 radical (unpaired) electrons. The van der Waals surface area contributed by atoms with E-state index in [0.717, 1.165) is 11.3 Å². The number of thiazole rings is 1. The molecule has 0 aliphatic rings. The molecule has 0 aliphatic carbocycles. The third-order valence-electron chi connectivity index (χ3n) is 1.51. The van der Waals surface area contributed by atoms with E-state index in [0.29, 0.717) is 5.01 Å². The number of halogens is 3. The Morgan fingerprint density at radius 1 is 1.31 bits per heavy atom. The van der Waals surface area contributed by atoms with Crippen LogP contribution in [-0.4, -0.2) is 4.98 Å². The summed E-state index contributed by atoms with van der Waals surface area (Å²) in [5.41, 5.74) is -1.06. The van der Waals surface area contributed by atoms with Crippen LogP contribution in [0.25, 0.3) is 0 Å². The van der Waals surface area contributed by atoms with Gasteiger partial charge in [0.2, 0.25) is 0 Å². The van der Waals surface area contributed by atoms with E-state index in [9.17, 15) is 13.2 Å². The summed E-state index contributed by atoms with van der Waals surface area (Å²) in [5, 5.41) is 8.84. The highest BCUT2D eigenvalue weighted by atomic mass is 32.1. The van der Waals surface area contributed by atoms with Crippen LogP contribution in [0.5, 0.6) is 0 Å². The van der Waals surface area contributed by atoms with Crippen LogP contribution >= 0.6 is 11.3 Å². The van der Waals surface area contributed by atoms with Crippen molar-refractivity contribution in [3.8, 4) is 6.07 Å². The molecule has 1 heterocycles. The van der Waals surface area contributed by atoms with Crippen molar-refractivity contribution in [2.24, 2.45) is 0 Å². The topological polar surface area (TPSA) is 36.7 Å². The van der Waals surface area contributed by atoms with Gasteiger partial charge in [0.05, 0.1) is 5.01 Å². The second kappa shape index (κ2) is 5.85. The van der Waals surface area contributed by atoms with E-state index in [1.54, 1.807) is 13.8 Å². The molecule has 0 aromatic carbocycles. The van der Waals surface area contributed by atoms with Crippen LogP contribution in [0.4, 0.5) is 13.2 Å². The lowest BCUT2D eigenvalue weighted by Gasteiger charge is -2.01. The van der Waals surface area contributed by atoms with Gasteiger partial charge in [-0.15, -0.1) is 11.3 Å². The zero-order valence-corrected chi connectivity index (χ0v) is 10.3. The largest absolute Gasteiger partial charge is 0.435 e. The van der Waals surface area contributed by atoms with E-state index in [-0.39, 0.29) is 10.8 Å². The molecule has 0 atom stereocenters.